The molecule has 0 amide bonds. The summed E-state index contributed by atoms with van der Waals surface area (Å²) in [5.74, 6) is -0.423. The molecule has 6 heteroatoms. The van der Waals surface area contributed by atoms with Gasteiger partial charge in [0.25, 0.3) is 0 Å². The lowest BCUT2D eigenvalue weighted by Gasteiger charge is -2.05. The summed E-state index contributed by atoms with van der Waals surface area (Å²) in [5.41, 5.74) is 4.45. The SMILES string of the molecule is CC[n+]1c(C)sc(-c2ccccc2)c1-c1ccccc1.O=S(=O)([O-])Cc1ccccc1. The number of benzene rings is 3. The molecule has 31 heavy (non-hydrogen) atoms. The van der Waals surface area contributed by atoms with E-state index in [0.717, 1.165) is 6.54 Å². The van der Waals surface area contributed by atoms with Crippen LogP contribution in [0.3, 0.4) is 0 Å². The average molecular weight is 452 g/mol. The van der Waals surface area contributed by atoms with Gasteiger partial charge in [0.15, 0.2) is 0 Å². The largest absolute Gasteiger partial charge is 0.748 e. The average Bonchev–Trinajstić information content (AvgIpc) is 3.11. The van der Waals surface area contributed by atoms with E-state index in [9.17, 15) is 13.0 Å². The van der Waals surface area contributed by atoms with Crippen LogP contribution in [-0.4, -0.2) is 13.0 Å². The van der Waals surface area contributed by atoms with Crippen LogP contribution in [0.2, 0.25) is 0 Å². The zero-order chi connectivity index (χ0) is 22.3. The lowest BCUT2D eigenvalue weighted by Crippen LogP contribution is -2.35. The molecule has 0 radical (unpaired) electrons. The van der Waals surface area contributed by atoms with Crippen LogP contribution in [0.4, 0.5) is 0 Å². The van der Waals surface area contributed by atoms with Gasteiger partial charge >= 0.3 is 0 Å². The monoisotopic (exact) mass is 451 g/mol. The minimum Gasteiger partial charge on any atom is -0.748 e. The summed E-state index contributed by atoms with van der Waals surface area (Å²) in [4.78, 5) is 1.36. The fourth-order valence-electron chi connectivity index (χ4n) is 3.36. The number of nitrogens with zero attached hydrogens (tertiary/aromatic N) is 1. The lowest BCUT2D eigenvalue weighted by atomic mass is 10.1. The zero-order valence-electron chi connectivity index (χ0n) is 17.6. The molecule has 0 N–H and O–H groups in total. The summed E-state index contributed by atoms with van der Waals surface area (Å²) in [6.07, 6.45) is 0. The molecule has 0 saturated heterocycles. The number of aryl methyl sites for hydroxylation is 1. The molecule has 0 aliphatic carbocycles. The van der Waals surface area contributed by atoms with Crippen LogP contribution in [0.5, 0.6) is 0 Å². The smallest absolute Gasteiger partial charge is 0.235 e. The highest BCUT2D eigenvalue weighted by Gasteiger charge is 2.24. The number of thiazole rings is 1. The molecule has 0 bridgehead atoms. The molecule has 1 heterocycles. The van der Waals surface area contributed by atoms with Gasteiger partial charge in [0.1, 0.15) is 11.4 Å². The second-order valence-electron chi connectivity index (χ2n) is 6.96. The van der Waals surface area contributed by atoms with Gasteiger partial charge in [-0.2, -0.15) is 4.57 Å². The number of rotatable bonds is 5. The van der Waals surface area contributed by atoms with Gasteiger partial charge in [0, 0.05) is 12.5 Å². The molecule has 1 aromatic heterocycles. The first-order chi connectivity index (χ1) is 14.9. The molecule has 0 saturated carbocycles. The first kappa shape index (κ1) is 22.9. The van der Waals surface area contributed by atoms with E-state index in [1.54, 1.807) is 30.3 Å². The maximum absolute atomic E-state index is 10.2. The van der Waals surface area contributed by atoms with Crippen LogP contribution in [0.25, 0.3) is 21.7 Å². The third kappa shape index (κ3) is 6.34. The van der Waals surface area contributed by atoms with E-state index in [-0.39, 0.29) is 0 Å². The summed E-state index contributed by atoms with van der Waals surface area (Å²) in [6.45, 7) is 5.41. The van der Waals surface area contributed by atoms with Gasteiger partial charge in [-0.1, -0.05) is 90.2 Å². The van der Waals surface area contributed by atoms with Gasteiger partial charge in [-0.15, -0.1) is 0 Å². The molecule has 160 valence electrons. The Balaban J connectivity index is 0.000000210. The fourth-order valence-corrected chi connectivity index (χ4v) is 5.16. The Morgan fingerprint density at radius 3 is 1.77 bits per heavy atom. The van der Waals surface area contributed by atoms with Gasteiger partial charge in [0.05, 0.1) is 15.9 Å². The van der Waals surface area contributed by atoms with Crippen LogP contribution in [0.15, 0.2) is 91.0 Å². The summed E-state index contributed by atoms with van der Waals surface area (Å²) in [6, 6.07) is 29.7. The minimum absolute atomic E-state index is 0.423. The van der Waals surface area contributed by atoms with Crippen molar-refractivity contribution in [2.24, 2.45) is 0 Å². The molecular weight excluding hydrogens is 426 g/mol. The molecule has 3 aromatic carbocycles. The van der Waals surface area contributed by atoms with E-state index in [4.69, 9.17) is 0 Å². The van der Waals surface area contributed by atoms with Crippen molar-refractivity contribution in [2.45, 2.75) is 26.1 Å². The molecule has 0 atom stereocenters. The number of hydrogen-bond acceptors (Lipinski definition) is 4. The number of aromatic nitrogens is 1. The Hall–Kier alpha value is -2.80. The third-order valence-electron chi connectivity index (χ3n) is 4.70. The highest BCUT2D eigenvalue weighted by atomic mass is 32.2. The quantitative estimate of drug-likeness (QED) is 0.300. The summed E-state index contributed by atoms with van der Waals surface area (Å²) in [7, 11) is -4.13. The number of hydrogen-bond donors (Lipinski definition) is 0. The Labute approximate surface area is 188 Å². The Kier molecular flexibility index (Phi) is 7.74. The third-order valence-corrected chi connectivity index (χ3v) is 6.54. The molecule has 0 aliphatic rings. The van der Waals surface area contributed by atoms with Crippen molar-refractivity contribution in [3.05, 3.63) is 102 Å². The second kappa shape index (κ2) is 10.5. The van der Waals surface area contributed by atoms with Gasteiger partial charge in [-0.3, -0.25) is 0 Å². The van der Waals surface area contributed by atoms with Crippen LogP contribution < -0.4 is 4.57 Å². The second-order valence-corrected chi connectivity index (χ2v) is 9.57. The van der Waals surface area contributed by atoms with E-state index >= 15 is 0 Å². The molecule has 0 spiro atoms. The summed E-state index contributed by atoms with van der Waals surface area (Å²) >= 11 is 1.88. The van der Waals surface area contributed by atoms with Crippen LogP contribution in [0.1, 0.15) is 17.5 Å². The lowest BCUT2D eigenvalue weighted by molar-refractivity contribution is -0.683. The van der Waals surface area contributed by atoms with Crippen molar-refractivity contribution in [1.82, 2.24) is 0 Å². The molecule has 4 rings (SSSR count). The van der Waals surface area contributed by atoms with Crippen molar-refractivity contribution in [3.8, 4) is 21.7 Å². The van der Waals surface area contributed by atoms with Crippen LogP contribution in [0, 0.1) is 6.92 Å². The topological polar surface area (TPSA) is 61.1 Å². The van der Waals surface area contributed by atoms with E-state index in [1.165, 1.54) is 26.7 Å². The maximum atomic E-state index is 10.2. The summed E-state index contributed by atoms with van der Waals surface area (Å²) < 4.78 is 33.1. The highest BCUT2D eigenvalue weighted by Crippen LogP contribution is 2.35. The van der Waals surface area contributed by atoms with Gasteiger partial charge in [0.2, 0.25) is 10.7 Å². The maximum Gasteiger partial charge on any atom is 0.235 e. The standard InChI is InChI=1S/C18H18NS.C7H8O3S/c1-3-19-14(2)20-18(16-12-8-5-9-13-16)17(19)15-10-6-4-7-11-15;8-11(9,10)6-7-4-2-1-3-5-7/h4-13H,3H2,1-2H3;1-5H,6H2,(H,8,9,10)/q+1;/p-1. The fraction of sp³-hybridized carbons (Fsp3) is 0.160. The molecule has 0 aliphatic heterocycles. The Morgan fingerprint density at radius 2 is 1.29 bits per heavy atom. The Morgan fingerprint density at radius 1 is 0.806 bits per heavy atom. The van der Waals surface area contributed by atoms with Crippen molar-refractivity contribution >= 4 is 21.5 Å². The molecule has 0 unspecified atom stereocenters. The van der Waals surface area contributed by atoms with Crippen molar-refractivity contribution in [2.75, 3.05) is 0 Å². The minimum atomic E-state index is -4.13. The summed E-state index contributed by atoms with van der Waals surface area (Å²) in [5, 5.41) is 1.35. The van der Waals surface area contributed by atoms with Crippen molar-refractivity contribution in [3.63, 3.8) is 0 Å². The first-order valence-electron chi connectivity index (χ1n) is 10.0. The molecule has 4 aromatic rings. The van der Waals surface area contributed by atoms with Gasteiger partial charge < -0.3 is 4.55 Å². The van der Waals surface area contributed by atoms with E-state index in [1.807, 2.05) is 11.3 Å². The molecule has 0 fully saturated rings. The normalized spacial score (nSPS) is 10.9. The van der Waals surface area contributed by atoms with Crippen LogP contribution >= 0.6 is 11.3 Å². The van der Waals surface area contributed by atoms with Gasteiger partial charge in [-0.25, -0.2) is 8.42 Å². The predicted octanol–water partition coefficient (Wildman–Crippen LogP) is 5.43. The first-order valence-corrected chi connectivity index (χ1v) is 12.4. The van der Waals surface area contributed by atoms with Gasteiger partial charge in [-0.05, 0) is 30.2 Å². The van der Waals surface area contributed by atoms with Crippen LogP contribution in [-0.2, 0) is 22.4 Å². The Bertz CT molecular complexity index is 1200. The van der Waals surface area contributed by atoms with E-state index < -0.39 is 15.9 Å². The molecule has 4 nitrogen and oxygen atoms in total. The highest BCUT2D eigenvalue weighted by molar-refractivity contribution is 7.84. The van der Waals surface area contributed by atoms with Crippen molar-refractivity contribution < 1.29 is 17.5 Å². The zero-order valence-corrected chi connectivity index (χ0v) is 19.2. The van der Waals surface area contributed by atoms with Crippen molar-refractivity contribution in [1.29, 1.82) is 0 Å². The molecular formula is C25H25NO3S2. The predicted molar refractivity (Wildman–Crippen MR) is 126 cm³/mol. The van der Waals surface area contributed by atoms with E-state index in [2.05, 4.69) is 79.1 Å². The van der Waals surface area contributed by atoms with E-state index in [0.29, 0.717) is 5.56 Å².